The summed E-state index contributed by atoms with van der Waals surface area (Å²) in [5.41, 5.74) is 0.319. The zero-order valence-corrected chi connectivity index (χ0v) is 16.5. The molecule has 0 bridgehead atoms. The summed E-state index contributed by atoms with van der Waals surface area (Å²) in [7, 11) is -0.717. The zero-order valence-electron chi connectivity index (χ0n) is 15.7. The third-order valence-corrected chi connectivity index (χ3v) is 5.91. The van der Waals surface area contributed by atoms with Gasteiger partial charge in [-0.15, -0.1) is 0 Å². The number of hydrogen-bond donors (Lipinski definition) is 1. The number of carbonyl (C=O) groups is 1. The number of unbranched alkanes of at least 4 members (excludes halogenated alkanes) is 1. The van der Waals surface area contributed by atoms with Gasteiger partial charge in [-0.2, -0.15) is 5.10 Å². The largest absolute Gasteiger partial charge is 0.347 e. The monoisotopic (exact) mass is 392 g/mol. The molecule has 146 valence electrons. The van der Waals surface area contributed by atoms with Gasteiger partial charge in [0.1, 0.15) is 5.69 Å². The van der Waals surface area contributed by atoms with E-state index in [-0.39, 0.29) is 22.7 Å². The van der Waals surface area contributed by atoms with Crippen molar-refractivity contribution >= 4 is 15.9 Å². The highest BCUT2D eigenvalue weighted by Gasteiger charge is 2.21. The minimum Gasteiger partial charge on any atom is -0.347 e. The van der Waals surface area contributed by atoms with E-state index in [4.69, 9.17) is 0 Å². The van der Waals surface area contributed by atoms with Crippen LogP contribution >= 0.6 is 0 Å². The van der Waals surface area contributed by atoms with E-state index in [2.05, 4.69) is 10.4 Å². The van der Waals surface area contributed by atoms with Gasteiger partial charge in [0.2, 0.25) is 10.0 Å². The van der Waals surface area contributed by atoms with E-state index in [0.29, 0.717) is 12.1 Å². The number of amides is 1. The van der Waals surface area contributed by atoms with Crippen molar-refractivity contribution in [2.45, 2.75) is 37.8 Å². The van der Waals surface area contributed by atoms with Crippen LogP contribution in [0.2, 0.25) is 0 Å². The van der Waals surface area contributed by atoms with E-state index in [9.17, 15) is 18.0 Å². The second-order valence-electron chi connectivity index (χ2n) is 6.21. The van der Waals surface area contributed by atoms with Crippen LogP contribution < -0.4 is 10.9 Å². The summed E-state index contributed by atoms with van der Waals surface area (Å²) in [5, 5.41) is 6.76. The first kappa shape index (κ1) is 20.8. The van der Waals surface area contributed by atoms with Crippen LogP contribution in [0.5, 0.6) is 0 Å². The van der Waals surface area contributed by atoms with Gasteiger partial charge in [-0.3, -0.25) is 9.59 Å². The smallest absolute Gasteiger partial charge is 0.271 e. The molecule has 1 aromatic carbocycles. The maximum absolute atomic E-state index is 12.4. The molecule has 0 aliphatic rings. The minimum absolute atomic E-state index is 0.0256. The summed E-state index contributed by atoms with van der Waals surface area (Å²) >= 11 is 0. The first-order valence-corrected chi connectivity index (χ1v) is 10.1. The second kappa shape index (κ2) is 8.92. The SMILES string of the molecule is CCCCn1nc(C(=O)NCc2ccccc2S(=O)(=O)N(C)C)ccc1=O. The molecule has 1 aromatic heterocycles. The van der Waals surface area contributed by atoms with Gasteiger partial charge in [-0.25, -0.2) is 17.4 Å². The Balaban J connectivity index is 2.19. The Hall–Kier alpha value is -2.52. The molecular weight excluding hydrogens is 368 g/mol. The fourth-order valence-corrected chi connectivity index (χ4v) is 3.52. The molecule has 8 nitrogen and oxygen atoms in total. The van der Waals surface area contributed by atoms with Crippen molar-refractivity contribution in [2.75, 3.05) is 14.1 Å². The van der Waals surface area contributed by atoms with Crippen LogP contribution in [0.1, 0.15) is 35.8 Å². The summed E-state index contributed by atoms with van der Waals surface area (Å²) in [6, 6.07) is 9.16. The number of sulfonamides is 1. The predicted molar refractivity (Wildman–Crippen MR) is 102 cm³/mol. The zero-order chi connectivity index (χ0) is 20.0. The van der Waals surface area contributed by atoms with Crippen LogP contribution in [-0.4, -0.2) is 42.5 Å². The van der Waals surface area contributed by atoms with E-state index < -0.39 is 15.9 Å². The Kier molecular flexibility index (Phi) is 6.86. The third-order valence-electron chi connectivity index (χ3n) is 3.99. The Labute approximate surface area is 158 Å². The van der Waals surface area contributed by atoms with E-state index in [1.807, 2.05) is 6.92 Å². The fraction of sp³-hybridized carbons (Fsp3) is 0.389. The van der Waals surface area contributed by atoms with Gasteiger partial charge in [0, 0.05) is 33.3 Å². The Morgan fingerprint density at radius 3 is 2.56 bits per heavy atom. The lowest BCUT2D eigenvalue weighted by molar-refractivity contribution is 0.0943. The van der Waals surface area contributed by atoms with Crippen LogP contribution in [0, 0.1) is 0 Å². The molecule has 9 heteroatoms. The highest BCUT2D eigenvalue weighted by Crippen LogP contribution is 2.18. The van der Waals surface area contributed by atoms with Gasteiger partial charge in [-0.1, -0.05) is 31.5 Å². The van der Waals surface area contributed by atoms with Crippen molar-refractivity contribution in [3.8, 4) is 0 Å². The molecule has 2 aromatic rings. The van der Waals surface area contributed by atoms with Crippen molar-refractivity contribution < 1.29 is 13.2 Å². The van der Waals surface area contributed by atoms with E-state index in [0.717, 1.165) is 17.1 Å². The average molecular weight is 392 g/mol. The average Bonchev–Trinajstić information content (AvgIpc) is 2.65. The molecule has 0 saturated carbocycles. The molecule has 1 heterocycles. The maximum atomic E-state index is 12.4. The van der Waals surface area contributed by atoms with E-state index in [1.165, 1.54) is 37.0 Å². The molecule has 0 saturated heterocycles. The lowest BCUT2D eigenvalue weighted by atomic mass is 10.2. The summed E-state index contributed by atoms with van der Waals surface area (Å²) in [6.45, 7) is 2.47. The molecule has 2 rings (SSSR count). The number of nitrogens with one attached hydrogen (secondary N) is 1. The van der Waals surface area contributed by atoms with Crippen molar-refractivity contribution in [3.63, 3.8) is 0 Å². The highest BCUT2D eigenvalue weighted by molar-refractivity contribution is 7.89. The minimum atomic E-state index is -3.62. The molecule has 27 heavy (non-hydrogen) atoms. The Morgan fingerprint density at radius 2 is 1.89 bits per heavy atom. The molecule has 0 atom stereocenters. The van der Waals surface area contributed by atoms with Gasteiger partial charge < -0.3 is 5.32 Å². The number of aromatic nitrogens is 2. The molecule has 1 N–H and O–H groups in total. The van der Waals surface area contributed by atoms with Crippen LogP contribution in [0.25, 0.3) is 0 Å². The molecule has 0 aliphatic carbocycles. The Bertz CT molecular complexity index is 967. The summed E-state index contributed by atoms with van der Waals surface area (Å²) in [4.78, 5) is 24.3. The number of carbonyl (C=O) groups excluding carboxylic acids is 1. The predicted octanol–water partition coefficient (Wildman–Crippen LogP) is 1.22. The highest BCUT2D eigenvalue weighted by atomic mass is 32.2. The van der Waals surface area contributed by atoms with Crippen LogP contribution in [-0.2, 0) is 23.1 Å². The van der Waals surface area contributed by atoms with Gasteiger partial charge >= 0.3 is 0 Å². The number of aryl methyl sites for hydroxylation is 1. The molecule has 0 spiro atoms. The molecule has 0 aliphatic heterocycles. The van der Waals surface area contributed by atoms with E-state index >= 15 is 0 Å². The van der Waals surface area contributed by atoms with Crippen LogP contribution in [0.4, 0.5) is 0 Å². The van der Waals surface area contributed by atoms with Crippen molar-refractivity contribution in [1.29, 1.82) is 0 Å². The van der Waals surface area contributed by atoms with Gasteiger partial charge in [-0.05, 0) is 24.1 Å². The number of nitrogens with zero attached hydrogens (tertiary/aromatic N) is 3. The first-order chi connectivity index (χ1) is 12.8. The first-order valence-electron chi connectivity index (χ1n) is 8.64. The van der Waals surface area contributed by atoms with Crippen molar-refractivity contribution in [1.82, 2.24) is 19.4 Å². The molecule has 0 radical (unpaired) electrons. The van der Waals surface area contributed by atoms with Crippen LogP contribution in [0.3, 0.4) is 0 Å². The van der Waals surface area contributed by atoms with Crippen molar-refractivity contribution in [3.05, 3.63) is 58.0 Å². The molecule has 0 fully saturated rings. The lowest BCUT2D eigenvalue weighted by Gasteiger charge is -2.15. The van der Waals surface area contributed by atoms with Crippen molar-refractivity contribution in [2.24, 2.45) is 0 Å². The quantitative estimate of drug-likeness (QED) is 0.728. The van der Waals surface area contributed by atoms with Gasteiger partial charge in [0.25, 0.3) is 11.5 Å². The van der Waals surface area contributed by atoms with Gasteiger partial charge in [0.15, 0.2) is 0 Å². The van der Waals surface area contributed by atoms with Gasteiger partial charge in [0.05, 0.1) is 4.90 Å². The number of rotatable bonds is 8. The Morgan fingerprint density at radius 1 is 1.19 bits per heavy atom. The fourth-order valence-electron chi connectivity index (χ4n) is 2.40. The molecule has 0 unspecified atom stereocenters. The lowest BCUT2D eigenvalue weighted by Crippen LogP contribution is -2.30. The number of benzene rings is 1. The summed E-state index contributed by atoms with van der Waals surface area (Å²) < 4.78 is 27.2. The summed E-state index contributed by atoms with van der Waals surface area (Å²) in [5.74, 6) is -0.475. The topological polar surface area (TPSA) is 101 Å². The normalized spacial score (nSPS) is 11.6. The number of hydrogen-bond acceptors (Lipinski definition) is 5. The molecule has 1 amide bonds. The third kappa shape index (κ3) is 5.01. The standard InChI is InChI=1S/C18H24N4O4S/c1-4-5-12-22-17(23)11-10-15(20-22)18(24)19-13-14-8-6-7-9-16(14)27(25,26)21(2)3/h6-11H,4-5,12-13H2,1-3H3,(H,19,24). The summed E-state index contributed by atoms with van der Waals surface area (Å²) in [6.07, 6.45) is 1.69. The van der Waals surface area contributed by atoms with Crippen LogP contribution in [0.15, 0.2) is 46.1 Å². The second-order valence-corrected chi connectivity index (χ2v) is 8.33. The maximum Gasteiger partial charge on any atom is 0.271 e. The molecular formula is C18H24N4O4S. The van der Waals surface area contributed by atoms with E-state index in [1.54, 1.807) is 18.2 Å².